The topological polar surface area (TPSA) is 47.9 Å². The van der Waals surface area contributed by atoms with Crippen LogP contribution in [0.25, 0.3) is 11.4 Å². The van der Waals surface area contributed by atoms with Crippen molar-refractivity contribution in [3.05, 3.63) is 35.4 Å². The van der Waals surface area contributed by atoms with Gasteiger partial charge in [-0.25, -0.2) is 4.39 Å². The molecule has 0 aliphatic carbocycles. The molecule has 2 rings (SSSR count). The molecule has 0 aliphatic rings. The molecule has 0 N–H and O–H groups in total. The minimum absolute atomic E-state index is 0.0416. The van der Waals surface area contributed by atoms with Crippen LogP contribution < -0.4 is 4.74 Å². The van der Waals surface area contributed by atoms with Gasteiger partial charge in [-0.2, -0.15) is 15.0 Å². The number of hydrogen-bond acceptors (Lipinski definition) is 4. The van der Waals surface area contributed by atoms with Crippen molar-refractivity contribution >= 4 is 11.6 Å². The standard InChI is InChI=1S/C12H11ClFN3O/c1-7(2)18-12-16-10(15-11(13)17-12)8-3-5-9(14)6-4-8/h3-7H,1-2H3. The fourth-order valence-corrected chi connectivity index (χ4v) is 1.48. The highest BCUT2D eigenvalue weighted by Gasteiger charge is 2.09. The van der Waals surface area contributed by atoms with Gasteiger partial charge in [0.25, 0.3) is 0 Å². The maximum absolute atomic E-state index is 12.8. The molecule has 6 heteroatoms. The van der Waals surface area contributed by atoms with E-state index in [1.54, 1.807) is 12.1 Å². The van der Waals surface area contributed by atoms with Crippen LogP contribution in [-0.4, -0.2) is 21.1 Å². The van der Waals surface area contributed by atoms with Crippen molar-refractivity contribution in [1.82, 2.24) is 15.0 Å². The van der Waals surface area contributed by atoms with Gasteiger partial charge < -0.3 is 4.74 Å². The van der Waals surface area contributed by atoms with Gasteiger partial charge in [0, 0.05) is 5.56 Å². The Kier molecular flexibility index (Phi) is 3.72. The summed E-state index contributed by atoms with van der Waals surface area (Å²) < 4.78 is 18.2. The Morgan fingerprint density at radius 1 is 1.11 bits per heavy atom. The van der Waals surface area contributed by atoms with Crippen LogP contribution in [0, 0.1) is 5.82 Å². The lowest BCUT2D eigenvalue weighted by Gasteiger charge is -2.08. The lowest BCUT2D eigenvalue weighted by molar-refractivity contribution is 0.222. The first-order chi connectivity index (χ1) is 8.54. The molecule has 0 amide bonds. The number of ether oxygens (including phenoxy) is 1. The summed E-state index contributed by atoms with van der Waals surface area (Å²) in [7, 11) is 0. The van der Waals surface area contributed by atoms with Gasteiger partial charge in [-0.1, -0.05) is 0 Å². The van der Waals surface area contributed by atoms with Crippen LogP contribution in [0.4, 0.5) is 4.39 Å². The maximum Gasteiger partial charge on any atom is 0.321 e. The molecule has 0 radical (unpaired) electrons. The monoisotopic (exact) mass is 267 g/mol. The van der Waals surface area contributed by atoms with Crippen molar-refractivity contribution in [2.75, 3.05) is 0 Å². The summed E-state index contributed by atoms with van der Waals surface area (Å²) in [4.78, 5) is 12.0. The molecule has 0 saturated carbocycles. The van der Waals surface area contributed by atoms with Crippen LogP contribution in [0.15, 0.2) is 24.3 Å². The van der Waals surface area contributed by atoms with Gasteiger partial charge in [0.15, 0.2) is 5.82 Å². The molecule has 0 unspecified atom stereocenters. The molecule has 0 atom stereocenters. The number of nitrogens with zero attached hydrogens (tertiary/aromatic N) is 3. The van der Waals surface area contributed by atoms with Crippen LogP contribution in [0.3, 0.4) is 0 Å². The van der Waals surface area contributed by atoms with Crippen molar-refractivity contribution < 1.29 is 9.13 Å². The van der Waals surface area contributed by atoms with Crippen LogP contribution in [0.1, 0.15) is 13.8 Å². The van der Waals surface area contributed by atoms with E-state index in [4.69, 9.17) is 16.3 Å². The highest BCUT2D eigenvalue weighted by Crippen LogP contribution is 2.19. The smallest absolute Gasteiger partial charge is 0.321 e. The van der Waals surface area contributed by atoms with Gasteiger partial charge in [0.2, 0.25) is 5.28 Å². The molecule has 0 aliphatic heterocycles. The second-order valence-corrected chi connectivity index (χ2v) is 4.22. The first-order valence-corrected chi connectivity index (χ1v) is 5.76. The van der Waals surface area contributed by atoms with Gasteiger partial charge in [-0.15, -0.1) is 0 Å². The summed E-state index contributed by atoms with van der Waals surface area (Å²) in [5, 5.41) is 0.0416. The Morgan fingerprint density at radius 2 is 1.78 bits per heavy atom. The minimum Gasteiger partial charge on any atom is -0.461 e. The number of aromatic nitrogens is 3. The lowest BCUT2D eigenvalue weighted by atomic mass is 10.2. The molecular weight excluding hydrogens is 257 g/mol. The minimum atomic E-state index is -0.322. The highest BCUT2D eigenvalue weighted by molar-refractivity contribution is 6.28. The van der Waals surface area contributed by atoms with E-state index >= 15 is 0 Å². The fraction of sp³-hybridized carbons (Fsp3) is 0.250. The third-order valence-electron chi connectivity index (χ3n) is 2.03. The SMILES string of the molecule is CC(C)Oc1nc(Cl)nc(-c2ccc(F)cc2)n1. The van der Waals surface area contributed by atoms with Gasteiger partial charge in [0.05, 0.1) is 6.10 Å². The highest BCUT2D eigenvalue weighted by atomic mass is 35.5. The van der Waals surface area contributed by atoms with Crippen molar-refractivity contribution in [2.45, 2.75) is 20.0 Å². The first-order valence-electron chi connectivity index (χ1n) is 5.39. The summed E-state index contributed by atoms with van der Waals surface area (Å²) in [6, 6.07) is 5.95. The molecule has 0 bridgehead atoms. The molecular formula is C12H11ClFN3O. The predicted octanol–water partition coefficient (Wildman–Crippen LogP) is 3.12. The molecule has 1 aromatic carbocycles. The lowest BCUT2D eigenvalue weighted by Crippen LogP contribution is -2.09. The first kappa shape index (κ1) is 12.7. The summed E-state index contributed by atoms with van der Waals surface area (Å²) in [6.45, 7) is 3.71. The van der Waals surface area contributed by atoms with Gasteiger partial charge in [-0.05, 0) is 49.7 Å². The molecule has 0 saturated heterocycles. The van der Waals surface area contributed by atoms with Crippen LogP contribution in [0.2, 0.25) is 5.28 Å². The molecule has 4 nitrogen and oxygen atoms in total. The van der Waals surface area contributed by atoms with E-state index in [1.807, 2.05) is 13.8 Å². The Morgan fingerprint density at radius 3 is 2.39 bits per heavy atom. The Bertz CT molecular complexity index is 546. The quantitative estimate of drug-likeness (QED) is 0.857. The molecule has 1 heterocycles. The molecule has 94 valence electrons. The second kappa shape index (κ2) is 5.27. The Hall–Kier alpha value is -1.75. The van der Waals surface area contributed by atoms with Gasteiger partial charge in [0.1, 0.15) is 5.82 Å². The summed E-state index contributed by atoms with van der Waals surface area (Å²) >= 11 is 5.80. The van der Waals surface area contributed by atoms with E-state index < -0.39 is 0 Å². The summed E-state index contributed by atoms with van der Waals surface area (Å²) in [6.07, 6.45) is -0.0652. The molecule has 0 spiro atoms. The zero-order chi connectivity index (χ0) is 13.1. The Balaban J connectivity index is 2.38. The summed E-state index contributed by atoms with van der Waals surface area (Å²) in [5.74, 6) is 0.0307. The zero-order valence-corrected chi connectivity index (χ0v) is 10.6. The van der Waals surface area contributed by atoms with E-state index in [2.05, 4.69) is 15.0 Å². The Labute approximate surface area is 109 Å². The molecule has 2 aromatic rings. The molecule has 18 heavy (non-hydrogen) atoms. The van der Waals surface area contributed by atoms with E-state index in [0.29, 0.717) is 11.4 Å². The normalized spacial score (nSPS) is 10.7. The average Bonchev–Trinajstić information content (AvgIpc) is 2.28. The number of halogens is 2. The van der Waals surface area contributed by atoms with Gasteiger partial charge >= 0.3 is 6.01 Å². The number of hydrogen-bond donors (Lipinski definition) is 0. The average molecular weight is 268 g/mol. The van der Waals surface area contributed by atoms with E-state index in [1.165, 1.54) is 12.1 Å². The van der Waals surface area contributed by atoms with Crippen LogP contribution in [0.5, 0.6) is 6.01 Å². The predicted molar refractivity (Wildman–Crippen MR) is 66.0 cm³/mol. The van der Waals surface area contributed by atoms with Crippen molar-refractivity contribution in [1.29, 1.82) is 0 Å². The second-order valence-electron chi connectivity index (χ2n) is 3.88. The summed E-state index contributed by atoms with van der Waals surface area (Å²) in [5.41, 5.74) is 0.648. The maximum atomic E-state index is 12.8. The van der Waals surface area contributed by atoms with E-state index in [9.17, 15) is 4.39 Å². The fourth-order valence-electron chi connectivity index (χ4n) is 1.32. The number of benzene rings is 1. The van der Waals surface area contributed by atoms with Crippen molar-refractivity contribution in [2.24, 2.45) is 0 Å². The molecule has 0 fully saturated rings. The van der Waals surface area contributed by atoms with Crippen LogP contribution >= 0.6 is 11.6 Å². The van der Waals surface area contributed by atoms with Crippen LogP contribution in [-0.2, 0) is 0 Å². The van der Waals surface area contributed by atoms with Crippen molar-refractivity contribution in [3.63, 3.8) is 0 Å². The van der Waals surface area contributed by atoms with E-state index in [-0.39, 0.29) is 23.2 Å². The third-order valence-corrected chi connectivity index (χ3v) is 2.20. The molecule has 1 aromatic heterocycles. The zero-order valence-electron chi connectivity index (χ0n) is 9.89. The van der Waals surface area contributed by atoms with Gasteiger partial charge in [-0.3, -0.25) is 0 Å². The number of rotatable bonds is 3. The largest absolute Gasteiger partial charge is 0.461 e. The third kappa shape index (κ3) is 3.13. The van der Waals surface area contributed by atoms with Crippen molar-refractivity contribution in [3.8, 4) is 17.4 Å². The van der Waals surface area contributed by atoms with E-state index in [0.717, 1.165) is 0 Å².